The summed E-state index contributed by atoms with van der Waals surface area (Å²) in [5.74, 6) is 0.248. The number of rotatable bonds is 3. The van der Waals surface area contributed by atoms with Gasteiger partial charge in [-0.25, -0.2) is 0 Å². The molecule has 0 amide bonds. The highest BCUT2D eigenvalue weighted by molar-refractivity contribution is 7.86. The Morgan fingerprint density at radius 2 is 1.90 bits per heavy atom. The van der Waals surface area contributed by atoms with Crippen molar-refractivity contribution in [3.63, 3.8) is 0 Å². The molecule has 2 aliphatic rings. The standard InChI is InChI=1S/C16H17NO2S/c17-10-12-4-2-1-3-11(12)9-16(18)13-7-14-5-6-15(8-13)20(14)19/h1-4,13-15H,5-9H2. The second-order valence-electron chi connectivity index (χ2n) is 5.73. The molecule has 2 aliphatic heterocycles. The molecule has 2 heterocycles. The molecule has 3 rings (SSSR count). The first-order valence-electron chi connectivity index (χ1n) is 7.09. The van der Waals surface area contributed by atoms with Crippen LogP contribution in [-0.2, 0) is 22.0 Å². The summed E-state index contributed by atoms with van der Waals surface area (Å²) in [6.07, 6.45) is 3.90. The molecular formula is C16H17NO2S. The van der Waals surface area contributed by atoms with Crippen LogP contribution in [0.3, 0.4) is 0 Å². The number of fused-ring (bicyclic) bond motifs is 2. The summed E-state index contributed by atoms with van der Waals surface area (Å²) < 4.78 is 12.0. The van der Waals surface area contributed by atoms with Gasteiger partial charge in [0.2, 0.25) is 0 Å². The predicted molar refractivity (Wildman–Crippen MR) is 77.5 cm³/mol. The molecule has 2 atom stereocenters. The van der Waals surface area contributed by atoms with Gasteiger partial charge in [0.25, 0.3) is 0 Å². The summed E-state index contributed by atoms with van der Waals surface area (Å²) in [6, 6.07) is 9.43. The monoisotopic (exact) mass is 287 g/mol. The van der Waals surface area contributed by atoms with Gasteiger partial charge in [-0.3, -0.25) is 9.00 Å². The van der Waals surface area contributed by atoms with Crippen molar-refractivity contribution in [1.29, 1.82) is 5.26 Å². The van der Waals surface area contributed by atoms with E-state index in [-0.39, 0.29) is 22.2 Å². The molecule has 1 aromatic carbocycles. The average molecular weight is 287 g/mol. The summed E-state index contributed by atoms with van der Waals surface area (Å²) in [6.45, 7) is 0. The Hall–Kier alpha value is -1.47. The lowest BCUT2D eigenvalue weighted by molar-refractivity contribution is -0.122. The quantitative estimate of drug-likeness (QED) is 0.857. The van der Waals surface area contributed by atoms with Gasteiger partial charge < -0.3 is 0 Å². The summed E-state index contributed by atoms with van der Waals surface area (Å²) in [5, 5.41) is 9.53. The van der Waals surface area contributed by atoms with Gasteiger partial charge in [0, 0.05) is 33.6 Å². The lowest BCUT2D eigenvalue weighted by atomic mass is 9.90. The highest BCUT2D eigenvalue weighted by Crippen LogP contribution is 2.39. The number of ketones is 1. The van der Waals surface area contributed by atoms with E-state index in [0.717, 1.165) is 31.2 Å². The van der Waals surface area contributed by atoms with Crippen LogP contribution in [0.25, 0.3) is 0 Å². The fourth-order valence-electron chi connectivity index (χ4n) is 3.41. The summed E-state index contributed by atoms with van der Waals surface area (Å²) in [5.41, 5.74) is 1.40. The van der Waals surface area contributed by atoms with Crippen molar-refractivity contribution in [1.82, 2.24) is 0 Å². The second kappa shape index (κ2) is 5.49. The van der Waals surface area contributed by atoms with Crippen molar-refractivity contribution in [2.24, 2.45) is 5.92 Å². The zero-order valence-electron chi connectivity index (χ0n) is 11.2. The van der Waals surface area contributed by atoms with Gasteiger partial charge in [-0.05, 0) is 37.3 Å². The van der Waals surface area contributed by atoms with Gasteiger partial charge in [-0.2, -0.15) is 5.26 Å². The molecule has 3 nitrogen and oxygen atoms in total. The van der Waals surface area contributed by atoms with E-state index in [2.05, 4.69) is 6.07 Å². The molecule has 1 aromatic rings. The van der Waals surface area contributed by atoms with Crippen LogP contribution in [-0.4, -0.2) is 20.5 Å². The van der Waals surface area contributed by atoms with Gasteiger partial charge in [-0.15, -0.1) is 0 Å². The number of hydrogen-bond acceptors (Lipinski definition) is 3. The van der Waals surface area contributed by atoms with Crippen molar-refractivity contribution < 1.29 is 9.00 Å². The Morgan fingerprint density at radius 1 is 1.25 bits per heavy atom. The van der Waals surface area contributed by atoms with Crippen molar-refractivity contribution in [3.8, 4) is 6.07 Å². The van der Waals surface area contributed by atoms with E-state index in [1.54, 1.807) is 6.07 Å². The lowest BCUT2D eigenvalue weighted by Crippen LogP contribution is -2.33. The molecule has 0 spiro atoms. The minimum absolute atomic E-state index is 0.0388. The molecule has 2 bridgehead atoms. The molecule has 2 fully saturated rings. The van der Waals surface area contributed by atoms with Gasteiger partial charge in [0.05, 0.1) is 11.6 Å². The molecule has 20 heavy (non-hydrogen) atoms. The largest absolute Gasteiger partial charge is 0.299 e. The number of nitriles is 1. The Morgan fingerprint density at radius 3 is 2.55 bits per heavy atom. The maximum Gasteiger partial charge on any atom is 0.140 e. The van der Waals surface area contributed by atoms with E-state index >= 15 is 0 Å². The number of benzene rings is 1. The molecular weight excluding hydrogens is 270 g/mol. The summed E-state index contributed by atoms with van der Waals surface area (Å²) in [4.78, 5) is 12.5. The Labute approximate surface area is 121 Å². The van der Waals surface area contributed by atoms with E-state index in [0.29, 0.717) is 12.0 Å². The molecule has 4 heteroatoms. The minimum Gasteiger partial charge on any atom is -0.299 e. The first kappa shape index (κ1) is 13.5. The molecule has 2 unspecified atom stereocenters. The SMILES string of the molecule is N#Cc1ccccc1CC(=O)C1CC2CCC(C1)S2=O. The topological polar surface area (TPSA) is 57.9 Å². The van der Waals surface area contributed by atoms with Crippen molar-refractivity contribution >= 4 is 16.6 Å². The van der Waals surface area contributed by atoms with Gasteiger partial charge in [-0.1, -0.05) is 18.2 Å². The molecule has 0 N–H and O–H groups in total. The molecule has 0 aliphatic carbocycles. The highest BCUT2D eigenvalue weighted by Gasteiger charge is 2.42. The van der Waals surface area contributed by atoms with Crippen LogP contribution in [0.15, 0.2) is 24.3 Å². The number of carbonyl (C=O) groups excluding carboxylic acids is 1. The van der Waals surface area contributed by atoms with Crippen molar-refractivity contribution in [2.45, 2.75) is 42.6 Å². The molecule has 2 saturated heterocycles. The van der Waals surface area contributed by atoms with Crippen LogP contribution in [0.2, 0.25) is 0 Å². The minimum atomic E-state index is -0.713. The van der Waals surface area contributed by atoms with Crippen LogP contribution in [0.4, 0.5) is 0 Å². The van der Waals surface area contributed by atoms with E-state index in [9.17, 15) is 9.00 Å². The molecule has 0 radical (unpaired) electrons. The summed E-state index contributed by atoms with van der Waals surface area (Å²) >= 11 is 0. The number of carbonyl (C=O) groups is 1. The van der Waals surface area contributed by atoms with E-state index < -0.39 is 10.8 Å². The van der Waals surface area contributed by atoms with E-state index in [1.165, 1.54) is 0 Å². The van der Waals surface area contributed by atoms with Crippen LogP contribution in [0.1, 0.15) is 36.8 Å². The Balaban J connectivity index is 1.72. The maximum absolute atomic E-state index is 12.5. The Bertz CT molecular complexity index is 589. The molecule has 0 saturated carbocycles. The third-order valence-corrected chi connectivity index (χ3v) is 6.69. The zero-order valence-corrected chi connectivity index (χ0v) is 12.1. The second-order valence-corrected chi connectivity index (χ2v) is 7.72. The lowest BCUT2D eigenvalue weighted by Gasteiger charge is -2.26. The number of nitrogens with zero attached hydrogens (tertiary/aromatic N) is 1. The fraction of sp³-hybridized carbons (Fsp3) is 0.500. The Kier molecular flexibility index (Phi) is 3.71. The van der Waals surface area contributed by atoms with Crippen LogP contribution >= 0.6 is 0 Å². The first-order valence-corrected chi connectivity index (χ1v) is 8.36. The third-order valence-electron chi connectivity index (χ3n) is 4.52. The van der Waals surface area contributed by atoms with Crippen molar-refractivity contribution in [2.75, 3.05) is 0 Å². The van der Waals surface area contributed by atoms with Gasteiger partial charge in [0.15, 0.2) is 0 Å². The third kappa shape index (κ3) is 2.43. The van der Waals surface area contributed by atoms with Crippen LogP contribution in [0.5, 0.6) is 0 Å². The average Bonchev–Trinajstić information content (AvgIpc) is 2.68. The van der Waals surface area contributed by atoms with Gasteiger partial charge >= 0.3 is 0 Å². The molecule has 104 valence electrons. The molecule has 0 aromatic heterocycles. The van der Waals surface area contributed by atoms with Crippen LogP contribution in [0, 0.1) is 17.2 Å². The first-order chi connectivity index (χ1) is 9.69. The zero-order chi connectivity index (χ0) is 14.1. The van der Waals surface area contributed by atoms with Crippen LogP contribution < -0.4 is 0 Å². The maximum atomic E-state index is 12.5. The highest BCUT2D eigenvalue weighted by atomic mass is 32.2. The summed E-state index contributed by atoms with van der Waals surface area (Å²) in [7, 11) is -0.713. The van der Waals surface area contributed by atoms with Crippen molar-refractivity contribution in [3.05, 3.63) is 35.4 Å². The van der Waals surface area contributed by atoms with E-state index in [1.807, 2.05) is 18.2 Å². The fourth-order valence-corrected chi connectivity index (χ4v) is 5.54. The predicted octanol–water partition coefficient (Wildman–Crippen LogP) is 2.36. The van der Waals surface area contributed by atoms with Gasteiger partial charge in [0.1, 0.15) is 5.78 Å². The van der Waals surface area contributed by atoms with E-state index in [4.69, 9.17) is 5.26 Å². The normalized spacial score (nSPS) is 31.8. The smallest absolute Gasteiger partial charge is 0.140 e. The number of Topliss-reactive ketones (excluding diaryl/α,β-unsaturated/α-hetero) is 1. The number of hydrogen-bond donors (Lipinski definition) is 0.